The normalized spacial score (nSPS) is 10.5. The molecule has 0 unspecified atom stereocenters. The molecule has 2 aromatic rings. The monoisotopic (exact) mass is 310 g/mol. The third kappa shape index (κ3) is 2.98. The fourth-order valence-corrected chi connectivity index (χ4v) is 2.85. The molecule has 0 aliphatic rings. The minimum Gasteiger partial charge on any atom is -0.295 e. The number of carbonyl (C=O) groups excluding carboxylic acids is 1. The second-order valence-electron chi connectivity index (χ2n) is 3.65. The summed E-state index contributed by atoms with van der Waals surface area (Å²) in [6.07, 6.45) is 3.77. The zero-order valence-electron chi connectivity index (χ0n) is 9.48. The van der Waals surface area contributed by atoms with E-state index < -0.39 is 0 Å². The lowest BCUT2D eigenvalue weighted by Crippen LogP contribution is -1.91. The van der Waals surface area contributed by atoms with E-state index in [0.29, 0.717) is 5.56 Å². The van der Waals surface area contributed by atoms with Gasteiger partial charge in [-0.05, 0) is 35.0 Å². The van der Waals surface area contributed by atoms with Crippen LogP contribution in [0.25, 0.3) is 0 Å². The van der Waals surface area contributed by atoms with Gasteiger partial charge in [-0.25, -0.2) is 0 Å². The van der Waals surface area contributed by atoms with E-state index in [1.54, 1.807) is 23.4 Å². The van der Waals surface area contributed by atoms with Crippen molar-refractivity contribution in [1.29, 1.82) is 0 Å². The third-order valence-corrected chi connectivity index (χ3v) is 4.19. The number of benzene rings is 1. The molecule has 0 saturated heterocycles. The van der Waals surface area contributed by atoms with Gasteiger partial charge in [0.15, 0.2) is 5.78 Å². The summed E-state index contributed by atoms with van der Waals surface area (Å²) in [7, 11) is 1.89. The van der Waals surface area contributed by atoms with E-state index in [9.17, 15) is 4.79 Å². The lowest BCUT2D eigenvalue weighted by Gasteiger charge is -2.03. The lowest BCUT2D eigenvalue weighted by molar-refractivity contribution is 0.101. The molecule has 0 aliphatic carbocycles. The molecule has 0 aliphatic heterocycles. The first-order valence-corrected chi connectivity index (χ1v) is 6.64. The SMILES string of the molecule is CC(=O)c1ccc(Sc2cnn(C)c2)c(Br)c1. The minimum atomic E-state index is 0.0728. The number of rotatable bonds is 3. The van der Waals surface area contributed by atoms with Crippen molar-refractivity contribution in [1.82, 2.24) is 9.78 Å². The highest BCUT2D eigenvalue weighted by Gasteiger charge is 2.07. The molecule has 88 valence electrons. The molecule has 1 aromatic carbocycles. The van der Waals surface area contributed by atoms with Crippen molar-refractivity contribution >= 4 is 33.5 Å². The number of aromatic nitrogens is 2. The molecule has 5 heteroatoms. The van der Waals surface area contributed by atoms with Gasteiger partial charge in [0.05, 0.1) is 11.1 Å². The van der Waals surface area contributed by atoms with Gasteiger partial charge >= 0.3 is 0 Å². The van der Waals surface area contributed by atoms with Crippen LogP contribution in [0.15, 0.2) is 44.9 Å². The van der Waals surface area contributed by atoms with E-state index in [4.69, 9.17) is 0 Å². The molecule has 0 bridgehead atoms. The first-order chi connectivity index (χ1) is 8.06. The van der Waals surface area contributed by atoms with Crippen LogP contribution in [0.1, 0.15) is 17.3 Å². The standard InChI is InChI=1S/C12H11BrN2OS/c1-8(16)9-3-4-12(11(13)5-9)17-10-6-14-15(2)7-10/h3-7H,1-2H3. The van der Waals surface area contributed by atoms with Crippen molar-refractivity contribution in [2.24, 2.45) is 7.05 Å². The molecule has 17 heavy (non-hydrogen) atoms. The van der Waals surface area contributed by atoms with Crippen LogP contribution in [0, 0.1) is 0 Å². The fraction of sp³-hybridized carbons (Fsp3) is 0.167. The van der Waals surface area contributed by atoms with Crippen molar-refractivity contribution in [3.05, 3.63) is 40.6 Å². The Bertz CT molecular complexity index is 565. The number of Topliss-reactive ketones (excluding diaryl/α,β-unsaturated/α-hetero) is 1. The molecule has 0 radical (unpaired) electrons. The molecule has 0 N–H and O–H groups in total. The van der Waals surface area contributed by atoms with Gasteiger partial charge < -0.3 is 0 Å². The number of nitrogens with zero attached hydrogens (tertiary/aromatic N) is 2. The van der Waals surface area contributed by atoms with E-state index in [0.717, 1.165) is 14.3 Å². The van der Waals surface area contributed by atoms with Crippen LogP contribution in [-0.2, 0) is 7.05 Å². The van der Waals surface area contributed by atoms with E-state index in [1.807, 2.05) is 37.6 Å². The van der Waals surface area contributed by atoms with Gasteiger partial charge in [0.2, 0.25) is 0 Å². The Morgan fingerprint density at radius 2 is 2.24 bits per heavy atom. The Labute approximate surface area is 112 Å². The Morgan fingerprint density at radius 3 is 2.76 bits per heavy atom. The number of hydrogen-bond donors (Lipinski definition) is 0. The summed E-state index contributed by atoms with van der Waals surface area (Å²) in [5.74, 6) is 0.0728. The van der Waals surface area contributed by atoms with Crippen molar-refractivity contribution in [3.63, 3.8) is 0 Å². The predicted octanol–water partition coefficient (Wildman–Crippen LogP) is 3.54. The molecular formula is C12H11BrN2OS. The quantitative estimate of drug-likeness (QED) is 0.813. The number of aryl methyl sites for hydroxylation is 1. The van der Waals surface area contributed by atoms with Crippen LogP contribution in [-0.4, -0.2) is 15.6 Å². The highest BCUT2D eigenvalue weighted by molar-refractivity contribution is 9.10. The van der Waals surface area contributed by atoms with Crippen LogP contribution in [0.2, 0.25) is 0 Å². The van der Waals surface area contributed by atoms with Crippen LogP contribution in [0.3, 0.4) is 0 Å². The Kier molecular flexibility index (Phi) is 3.69. The summed E-state index contributed by atoms with van der Waals surface area (Å²) in [6, 6.07) is 5.63. The second-order valence-corrected chi connectivity index (χ2v) is 5.62. The smallest absolute Gasteiger partial charge is 0.159 e. The van der Waals surface area contributed by atoms with E-state index in [-0.39, 0.29) is 5.78 Å². The molecule has 0 atom stereocenters. The maximum atomic E-state index is 11.2. The Morgan fingerprint density at radius 1 is 1.47 bits per heavy atom. The Balaban J connectivity index is 2.25. The highest BCUT2D eigenvalue weighted by Crippen LogP contribution is 2.33. The molecular weight excluding hydrogens is 300 g/mol. The van der Waals surface area contributed by atoms with Crippen LogP contribution in [0.4, 0.5) is 0 Å². The summed E-state index contributed by atoms with van der Waals surface area (Å²) in [5.41, 5.74) is 0.715. The average molecular weight is 311 g/mol. The van der Waals surface area contributed by atoms with Crippen molar-refractivity contribution in [3.8, 4) is 0 Å². The van der Waals surface area contributed by atoms with Crippen molar-refractivity contribution in [2.75, 3.05) is 0 Å². The van der Waals surface area contributed by atoms with Crippen LogP contribution >= 0.6 is 27.7 Å². The van der Waals surface area contributed by atoms with Gasteiger partial charge in [-0.3, -0.25) is 9.48 Å². The summed E-state index contributed by atoms with van der Waals surface area (Å²) in [4.78, 5) is 13.4. The fourth-order valence-electron chi connectivity index (χ4n) is 1.38. The lowest BCUT2D eigenvalue weighted by atomic mass is 10.2. The van der Waals surface area contributed by atoms with Crippen LogP contribution < -0.4 is 0 Å². The molecule has 0 fully saturated rings. The Hall–Kier alpha value is -1.07. The maximum absolute atomic E-state index is 11.2. The van der Waals surface area contributed by atoms with Crippen molar-refractivity contribution < 1.29 is 4.79 Å². The van der Waals surface area contributed by atoms with Gasteiger partial charge in [-0.15, -0.1) is 0 Å². The molecule has 1 aromatic heterocycles. The third-order valence-electron chi connectivity index (χ3n) is 2.25. The maximum Gasteiger partial charge on any atom is 0.159 e. The van der Waals surface area contributed by atoms with Gasteiger partial charge in [-0.2, -0.15) is 5.10 Å². The summed E-state index contributed by atoms with van der Waals surface area (Å²) < 4.78 is 2.69. The van der Waals surface area contributed by atoms with Gasteiger partial charge in [0, 0.05) is 28.2 Å². The number of hydrogen-bond acceptors (Lipinski definition) is 3. The second kappa shape index (κ2) is 5.06. The summed E-state index contributed by atoms with van der Waals surface area (Å²) in [5, 5.41) is 4.11. The molecule has 2 rings (SSSR count). The van der Waals surface area contributed by atoms with Crippen molar-refractivity contribution in [2.45, 2.75) is 16.7 Å². The predicted molar refractivity (Wildman–Crippen MR) is 71.5 cm³/mol. The minimum absolute atomic E-state index is 0.0728. The summed E-state index contributed by atoms with van der Waals surface area (Å²) >= 11 is 5.09. The van der Waals surface area contributed by atoms with E-state index in [2.05, 4.69) is 21.0 Å². The van der Waals surface area contributed by atoms with E-state index in [1.165, 1.54) is 0 Å². The van der Waals surface area contributed by atoms with Gasteiger partial charge in [-0.1, -0.05) is 17.8 Å². The highest BCUT2D eigenvalue weighted by atomic mass is 79.9. The molecule has 0 saturated carbocycles. The average Bonchev–Trinajstić information content (AvgIpc) is 2.67. The largest absolute Gasteiger partial charge is 0.295 e. The summed E-state index contributed by atoms with van der Waals surface area (Å²) in [6.45, 7) is 1.57. The topological polar surface area (TPSA) is 34.9 Å². The van der Waals surface area contributed by atoms with Gasteiger partial charge in [0.1, 0.15) is 0 Å². The molecule has 0 amide bonds. The first kappa shape index (κ1) is 12.4. The molecule has 0 spiro atoms. The number of carbonyl (C=O) groups is 1. The zero-order chi connectivity index (χ0) is 12.4. The number of halogens is 1. The van der Waals surface area contributed by atoms with Crippen LogP contribution in [0.5, 0.6) is 0 Å². The van der Waals surface area contributed by atoms with E-state index >= 15 is 0 Å². The molecule has 1 heterocycles. The zero-order valence-corrected chi connectivity index (χ0v) is 11.9. The first-order valence-electron chi connectivity index (χ1n) is 5.03. The molecule has 3 nitrogen and oxygen atoms in total. The number of ketones is 1. The van der Waals surface area contributed by atoms with Gasteiger partial charge in [0.25, 0.3) is 0 Å².